The Hall–Kier alpha value is -3.80. The minimum Gasteiger partial charge on any atom is -0.493 e. The largest absolute Gasteiger partial charge is 0.493 e. The third kappa shape index (κ3) is 5.57. The number of carbonyl (C=O) groups is 2. The summed E-state index contributed by atoms with van der Waals surface area (Å²) in [5.41, 5.74) is 5.15. The SMILES string of the molecule is COc1cc(C(C)=O)ccc1OCCCC(=O)Nc1ccccc1CN1CCc2ccccc21. The number of benzene rings is 3. The molecule has 4 rings (SSSR count). The van der Waals surface area contributed by atoms with Crippen LogP contribution in [0.25, 0.3) is 0 Å². The first-order chi connectivity index (χ1) is 16.5. The molecule has 0 bridgehead atoms. The molecule has 0 fully saturated rings. The molecule has 34 heavy (non-hydrogen) atoms. The number of fused-ring (bicyclic) bond motifs is 1. The standard InChI is InChI=1S/C28H30N2O4/c1-20(31)22-13-14-26(27(18-22)33-2)34-17-7-12-28(32)29-24-10-5-3-9-23(24)19-30-16-15-21-8-4-6-11-25(21)30/h3-6,8-11,13-14,18H,7,12,15-17,19H2,1-2H3,(H,29,32). The van der Waals surface area contributed by atoms with Crippen molar-refractivity contribution in [1.29, 1.82) is 0 Å². The predicted octanol–water partition coefficient (Wildman–Crippen LogP) is 5.26. The van der Waals surface area contributed by atoms with Gasteiger partial charge in [0.25, 0.3) is 0 Å². The number of nitrogens with one attached hydrogen (secondary N) is 1. The van der Waals surface area contributed by atoms with Crippen LogP contribution in [0, 0.1) is 0 Å². The Bertz CT molecular complexity index is 1170. The number of nitrogens with zero attached hydrogens (tertiary/aromatic N) is 1. The second-order valence-corrected chi connectivity index (χ2v) is 8.38. The molecule has 176 valence electrons. The third-order valence-corrected chi connectivity index (χ3v) is 6.01. The Morgan fingerprint density at radius 3 is 2.62 bits per heavy atom. The van der Waals surface area contributed by atoms with Gasteiger partial charge in [0.2, 0.25) is 5.91 Å². The van der Waals surface area contributed by atoms with Gasteiger partial charge in [-0.1, -0.05) is 36.4 Å². The van der Waals surface area contributed by atoms with E-state index in [-0.39, 0.29) is 11.7 Å². The Labute approximate surface area is 200 Å². The van der Waals surface area contributed by atoms with Crippen molar-refractivity contribution in [2.45, 2.75) is 32.7 Å². The quantitative estimate of drug-likeness (QED) is 0.332. The van der Waals surface area contributed by atoms with Gasteiger partial charge < -0.3 is 19.7 Å². The number of methoxy groups -OCH3 is 1. The zero-order valence-electron chi connectivity index (χ0n) is 19.7. The number of para-hydroxylation sites is 2. The highest BCUT2D eigenvalue weighted by Crippen LogP contribution is 2.31. The molecular weight excluding hydrogens is 428 g/mol. The van der Waals surface area contributed by atoms with Crippen LogP contribution in [-0.2, 0) is 17.8 Å². The number of amides is 1. The van der Waals surface area contributed by atoms with Crippen molar-refractivity contribution < 1.29 is 19.1 Å². The molecule has 0 aliphatic carbocycles. The number of ketones is 1. The fourth-order valence-corrected chi connectivity index (χ4v) is 4.19. The van der Waals surface area contributed by atoms with E-state index in [1.165, 1.54) is 25.3 Å². The summed E-state index contributed by atoms with van der Waals surface area (Å²) in [5.74, 6) is 0.992. The van der Waals surface area contributed by atoms with Crippen molar-refractivity contribution in [2.75, 3.05) is 30.5 Å². The minimum absolute atomic E-state index is 0.0317. The molecule has 1 aliphatic heterocycles. The van der Waals surface area contributed by atoms with E-state index in [1.807, 2.05) is 18.2 Å². The highest BCUT2D eigenvalue weighted by Gasteiger charge is 2.19. The van der Waals surface area contributed by atoms with Crippen LogP contribution in [0.3, 0.4) is 0 Å². The number of hydrogen-bond acceptors (Lipinski definition) is 5. The van der Waals surface area contributed by atoms with Crippen LogP contribution < -0.4 is 19.7 Å². The molecule has 0 spiro atoms. The van der Waals surface area contributed by atoms with Crippen molar-refractivity contribution in [3.63, 3.8) is 0 Å². The van der Waals surface area contributed by atoms with Crippen molar-refractivity contribution in [3.05, 3.63) is 83.4 Å². The van der Waals surface area contributed by atoms with E-state index in [0.717, 1.165) is 30.8 Å². The zero-order chi connectivity index (χ0) is 23.9. The van der Waals surface area contributed by atoms with Gasteiger partial charge in [0, 0.05) is 36.4 Å². The average molecular weight is 459 g/mol. The maximum Gasteiger partial charge on any atom is 0.224 e. The highest BCUT2D eigenvalue weighted by atomic mass is 16.5. The molecule has 0 saturated heterocycles. The molecule has 6 nitrogen and oxygen atoms in total. The summed E-state index contributed by atoms with van der Waals surface area (Å²) in [6.45, 7) is 3.62. The van der Waals surface area contributed by atoms with Gasteiger partial charge in [-0.3, -0.25) is 9.59 Å². The maximum atomic E-state index is 12.6. The van der Waals surface area contributed by atoms with E-state index in [4.69, 9.17) is 9.47 Å². The smallest absolute Gasteiger partial charge is 0.224 e. The number of anilines is 2. The molecule has 0 saturated carbocycles. The number of Topliss-reactive ketones (excluding diaryl/α,β-unsaturated/α-hetero) is 1. The Morgan fingerprint density at radius 2 is 1.79 bits per heavy atom. The van der Waals surface area contributed by atoms with E-state index >= 15 is 0 Å². The van der Waals surface area contributed by atoms with Gasteiger partial charge in [0.05, 0.1) is 13.7 Å². The van der Waals surface area contributed by atoms with Crippen LogP contribution in [0.5, 0.6) is 11.5 Å². The summed E-state index contributed by atoms with van der Waals surface area (Å²) in [5, 5.41) is 3.07. The van der Waals surface area contributed by atoms with Crippen LogP contribution in [0.15, 0.2) is 66.7 Å². The summed E-state index contributed by atoms with van der Waals surface area (Å²) < 4.78 is 11.1. The van der Waals surface area contributed by atoms with Crippen LogP contribution in [0.1, 0.15) is 41.3 Å². The van der Waals surface area contributed by atoms with Crippen molar-refractivity contribution in [3.8, 4) is 11.5 Å². The normalized spacial score (nSPS) is 12.2. The van der Waals surface area contributed by atoms with Gasteiger partial charge in [-0.2, -0.15) is 0 Å². The molecule has 1 N–H and O–H groups in total. The lowest BCUT2D eigenvalue weighted by Gasteiger charge is -2.21. The van der Waals surface area contributed by atoms with E-state index in [2.05, 4.69) is 40.5 Å². The van der Waals surface area contributed by atoms with E-state index < -0.39 is 0 Å². The fourth-order valence-electron chi connectivity index (χ4n) is 4.19. The lowest BCUT2D eigenvalue weighted by molar-refractivity contribution is -0.116. The zero-order valence-corrected chi connectivity index (χ0v) is 19.7. The molecule has 1 amide bonds. The Morgan fingerprint density at radius 1 is 1.00 bits per heavy atom. The Balaban J connectivity index is 1.29. The lowest BCUT2D eigenvalue weighted by atomic mass is 10.1. The third-order valence-electron chi connectivity index (χ3n) is 6.01. The molecule has 0 atom stereocenters. The van der Waals surface area contributed by atoms with Crippen LogP contribution in [0.2, 0.25) is 0 Å². The van der Waals surface area contributed by atoms with Crippen molar-refractivity contribution >= 4 is 23.1 Å². The lowest BCUT2D eigenvalue weighted by Crippen LogP contribution is -2.21. The summed E-state index contributed by atoms with van der Waals surface area (Å²) >= 11 is 0. The molecule has 3 aromatic rings. The van der Waals surface area contributed by atoms with E-state index in [0.29, 0.717) is 36.5 Å². The number of hydrogen-bond donors (Lipinski definition) is 1. The minimum atomic E-state index is -0.0447. The van der Waals surface area contributed by atoms with Crippen LogP contribution in [0.4, 0.5) is 11.4 Å². The molecule has 0 aromatic heterocycles. The summed E-state index contributed by atoms with van der Waals surface area (Å²) in [6, 6.07) is 21.6. The van der Waals surface area contributed by atoms with E-state index in [1.54, 1.807) is 18.2 Å². The van der Waals surface area contributed by atoms with Gasteiger partial charge in [-0.25, -0.2) is 0 Å². The number of ether oxygens (including phenoxy) is 2. The predicted molar refractivity (Wildman–Crippen MR) is 134 cm³/mol. The van der Waals surface area contributed by atoms with Crippen LogP contribution in [-0.4, -0.2) is 32.0 Å². The molecule has 1 heterocycles. The second kappa shape index (κ2) is 10.9. The molecule has 0 unspecified atom stereocenters. The molecule has 3 aromatic carbocycles. The van der Waals surface area contributed by atoms with Gasteiger partial charge in [0.1, 0.15) is 0 Å². The Kier molecular flexibility index (Phi) is 7.48. The summed E-state index contributed by atoms with van der Waals surface area (Å²) in [4.78, 5) is 26.5. The van der Waals surface area contributed by atoms with E-state index in [9.17, 15) is 9.59 Å². The van der Waals surface area contributed by atoms with Gasteiger partial charge in [-0.15, -0.1) is 0 Å². The first-order valence-electron chi connectivity index (χ1n) is 11.6. The summed E-state index contributed by atoms with van der Waals surface area (Å²) in [7, 11) is 1.54. The van der Waals surface area contributed by atoms with Crippen molar-refractivity contribution in [2.24, 2.45) is 0 Å². The van der Waals surface area contributed by atoms with Crippen molar-refractivity contribution in [1.82, 2.24) is 0 Å². The molecular formula is C28H30N2O4. The monoisotopic (exact) mass is 458 g/mol. The number of carbonyl (C=O) groups excluding carboxylic acids is 2. The maximum absolute atomic E-state index is 12.6. The topological polar surface area (TPSA) is 67.9 Å². The second-order valence-electron chi connectivity index (χ2n) is 8.38. The van der Waals surface area contributed by atoms with Gasteiger partial charge in [0.15, 0.2) is 17.3 Å². The molecule has 0 radical (unpaired) electrons. The molecule has 1 aliphatic rings. The average Bonchev–Trinajstić information content (AvgIpc) is 3.26. The fraction of sp³-hybridized carbons (Fsp3) is 0.286. The number of rotatable bonds is 10. The first kappa shape index (κ1) is 23.4. The first-order valence-corrected chi connectivity index (χ1v) is 11.6. The highest BCUT2D eigenvalue weighted by molar-refractivity contribution is 5.94. The van der Waals surface area contributed by atoms with Gasteiger partial charge >= 0.3 is 0 Å². The van der Waals surface area contributed by atoms with Gasteiger partial charge in [-0.05, 0) is 61.2 Å². The molecule has 6 heteroatoms. The van der Waals surface area contributed by atoms with Crippen LogP contribution >= 0.6 is 0 Å². The summed E-state index contributed by atoms with van der Waals surface area (Å²) in [6.07, 6.45) is 1.95.